The fraction of sp³-hybridized carbons (Fsp3) is 0.500. The minimum atomic E-state index is -0.271. The first-order chi connectivity index (χ1) is 12.5. The van der Waals surface area contributed by atoms with Crippen molar-refractivity contribution < 1.29 is 9.53 Å². The van der Waals surface area contributed by atoms with Crippen LogP contribution in [0.5, 0.6) is 0 Å². The van der Waals surface area contributed by atoms with Crippen LogP contribution in [-0.2, 0) is 16.1 Å². The van der Waals surface area contributed by atoms with E-state index in [9.17, 15) is 9.59 Å². The lowest BCUT2D eigenvalue weighted by Gasteiger charge is -2.11. The van der Waals surface area contributed by atoms with Crippen molar-refractivity contribution in [3.8, 4) is 0 Å². The number of thioether (sulfide) groups is 1. The topological polar surface area (TPSA) is 89.0 Å². The number of rotatable bonds is 7. The highest BCUT2D eigenvalue weighted by atomic mass is 32.2. The van der Waals surface area contributed by atoms with E-state index in [2.05, 4.69) is 29.4 Å². The smallest absolute Gasteiger partial charge is 0.344 e. The lowest BCUT2D eigenvalue weighted by molar-refractivity contribution is -0.113. The zero-order valence-electron chi connectivity index (χ0n) is 15.0. The molecule has 0 saturated carbocycles. The number of aromatic nitrogens is 3. The summed E-state index contributed by atoms with van der Waals surface area (Å²) in [6.07, 6.45) is 1.99. The molecule has 26 heavy (non-hydrogen) atoms. The predicted octanol–water partition coefficient (Wildman–Crippen LogP) is 2.60. The first kappa shape index (κ1) is 18.7. The maximum Gasteiger partial charge on any atom is 0.344 e. The van der Waals surface area contributed by atoms with E-state index in [4.69, 9.17) is 4.74 Å². The molecule has 0 bridgehead atoms. The summed E-state index contributed by atoms with van der Waals surface area (Å²) in [6, 6.07) is 7.83. The third kappa shape index (κ3) is 4.76. The SMILES string of the molecule is CC(C)c1ccc(NC(=O)CSc2n[nH]c(=O)n2C[C@@H]2CCCO2)cc1. The first-order valence-corrected chi connectivity index (χ1v) is 9.81. The Bertz CT molecular complexity index is 792. The Morgan fingerprint density at radius 3 is 2.85 bits per heavy atom. The van der Waals surface area contributed by atoms with Gasteiger partial charge in [0.05, 0.1) is 18.4 Å². The molecule has 1 fully saturated rings. The van der Waals surface area contributed by atoms with Gasteiger partial charge in [0.1, 0.15) is 0 Å². The number of hydrogen-bond donors (Lipinski definition) is 2. The van der Waals surface area contributed by atoms with Gasteiger partial charge in [-0.25, -0.2) is 9.89 Å². The molecular weight excluding hydrogens is 352 g/mol. The molecule has 2 aromatic rings. The molecule has 1 aromatic heterocycles. The molecule has 2 heterocycles. The van der Waals surface area contributed by atoms with Crippen molar-refractivity contribution >= 4 is 23.4 Å². The Morgan fingerprint density at radius 1 is 1.42 bits per heavy atom. The van der Waals surface area contributed by atoms with E-state index in [-0.39, 0.29) is 23.5 Å². The van der Waals surface area contributed by atoms with Gasteiger partial charge in [0, 0.05) is 12.3 Å². The number of ether oxygens (including phenoxy) is 1. The number of nitrogens with zero attached hydrogens (tertiary/aromatic N) is 2. The van der Waals surface area contributed by atoms with Crippen LogP contribution in [0.4, 0.5) is 5.69 Å². The van der Waals surface area contributed by atoms with Gasteiger partial charge in [0.2, 0.25) is 5.91 Å². The molecule has 0 radical (unpaired) electrons. The van der Waals surface area contributed by atoms with Crippen LogP contribution >= 0.6 is 11.8 Å². The molecule has 2 N–H and O–H groups in total. The summed E-state index contributed by atoms with van der Waals surface area (Å²) in [7, 11) is 0. The van der Waals surface area contributed by atoms with Crippen molar-refractivity contribution in [2.24, 2.45) is 0 Å². The van der Waals surface area contributed by atoms with Crippen molar-refractivity contribution in [2.75, 3.05) is 17.7 Å². The van der Waals surface area contributed by atoms with Crippen molar-refractivity contribution in [1.82, 2.24) is 14.8 Å². The largest absolute Gasteiger partial charge is 0.376 e. The minimum absolute atomic E-state index is 0.0398. The van der Waals surface area contributed by atoms with Gasteiger partial charge in [-0.15, -0.1) is 5.10 Å². The molecule has 0 spiro atoms. The van der Waals surface area contributed by atoms with Gasteiger partial charge in [-0.2, -0.15) is 0 Å². The minimum Gasteiger partial charge on any atom is -0.376 e. The number of aromatic amines is 1. The number of hydrogen-bond acceptors (Lipinski definition) is 5. The number of nitrogens with one attached hydrogen (secondary N) is 2. The Morgan fingerprint density at radius 2 is 2.19 bits per heavy atom. The summed E-state index contributed by atoms with van der Waals surface area (Å²) in [5.41, 5.74) is 1.72. The van der Waals surface area contributed by atoms with Crippen molar-refractivity contribution in [2.45, 2.75) is 50.4 Å². The zero-order valence-corrected chi connectivity index (χ0v) is 15.8. The summed E-state index contributed by atoms with van der Waals surface area (Å²) >= 11 is 1.24. The summed E-state index contributed by atoms with van der Waals surface area (Å²) in [4.78, 5) is 24.1. The number of H-pyrrole nitrogens is 1. The number of benzene rings is 1. The third-order valence-electron chi connectivity index (χ3n) is 4.33. The van der Waals surface area contributed by atoms with Gasteiger partial charge in [-0.05, 0) is 36.5 Å². The highest BCUT2D eigenvalue weighted by molar-refractivity contribution is 7.99. The van der Waals surface area contributed by atoms with Gasteiger partial charge in [-0.3, -0.25) is 9.36 Å². The van der Waals surface area contributed by atoms with Gasteiger partial charge in [0.15, 0.2) is 5.16 Å². The molecule has 0 unspecified atom stereocenters. The fourth-order valence-electron chi connectivity index (χ4n) is 2.84. The Labute approximate surface area is 156 Å². The standard InChI is InChI=1S/C18H24N4O3S/c1-12(2)13-5-7-14(8-6-13)19-16(23)11-26-18-21-20-17(24)22(18)10-15-4-3-9-25-15/h5-8,12,15H,3-4,9-11H2,1-2H3,(H,19,23)(H,20,24)/t15-/m0/s1. The average Bonchev–Trinajstić information content (AvgIpc) is 3.25. The van der Waals surface area contributed by atoms with Crippen LogP contribution < -0.4 is 11.0 Å². The van der Waals surface area contributed by atoms with E-state index in [1.807, 2.05) is 24.3 Å². The molecule has 1 aliphatic rings. The maximum absolute atomic E-state index is 12.2. The lowest BCUT2D eigenvalue weighted by atomic mass is 10.0. The van der Waals surface area contributed by atoms with Gasteiger partial charge >= 0.3 is 5.69 Å². The summed E-state index contributed by atoms with van der Waals surface area (Å²) in [5.74, 6) is 0.504. The lowest BCUT2D eigenvalue weighted by Crippen LogP contribution is -2.25. The van der Waals surface area contributed by atoms with Gasteiger partial charge in [-0.1, -0.05) is 37.7 Å². The Balaban J connectivity index is 1.55. The second-order valence-electron chi connectivity index (χ2n) is 6.67. The Kier molecular flexibility index (Phi) is 6.16. The molecule has 1 saturated heterocycles. The van der Waals surface area contributed by atoms with Crippen LogP contribution in [0.3, 0.4) is 0 Å². The molecule has 8 heteroatoms. The first-order valence-electron chi connectivity index (χ1n) is 8.82. The van der Waals surface area contributed by atoms with Crippen LogP contribution in [0.15, 0.2) is 34.2 Å². The number of anilines is 1. The van der Waals surface area contributed by atoms with E-state index in [0.29, 0.717) is 17.6 Å². The summed E-state index contributed by atoms with van der Waals surface area (Å²) in [6.45, 7) is 5.46. The van der Waals surface area contributed by atoms with Crippen molar-refractivity contribution in [3.05, 3.63) is 40.3 Å². The molecule has 0 aliphatic carbocycles. The van der Waals surface area contributed by atoms with E-state index in [1.54, 1.807) is 4.57 Å². The van der Waals surface area contributed by atoms with E-state index < -0.39 is 0 Å². The van der Waals surface area contributed by atoms with Crippen LogP contribution in [0.1, 0.15) is 38.2 Å². The molecule has 140 valence electrons. The second-order valence-corrected chi connectivity index (χ2v) is 7.61. The van der Waals surface area contributed by atoms with Crippen LogP contribution in [0.2, 0.25) is 0 Å². The normalized spacial score (nSPS) is 17.0. The molecule has 1 aliphatic heterocycles. The Hall–Kier alpha value is -2.06. The molecular formula is C18H24N4O3S. The van der Waals surface area contributed by atoms with E-state index in [1.165, 1.54) is 17.3 Å². The summed E-state index contributed by atoms with van der Waals surface area (Å²) in [5, 5.41) is 9.85. The highest BCUT2D eigenvalue weighted by Gasteiger charge is 2.20. The fourth-order valence-corrected chi connectivity index (χ4v) is 3.60. The van der Waals surface area contributed by atoms with Crippen LogP contribution in [0, 0.1) is 0 Å². The number of carbonyl (C=O) groups is 1. The van der Waals surface area contributed by atoms with Crippen LogP contribution in [0.25, 0.3) is 0 Å². The van der Waals surface area contributed by atoms with E-state index in [0.717, 1.165) is 25.1 Å². The van der Waals surface area contributed by atoms with Crippen molar-refractivity contribution in [3.63, 3.8) is 0 Å². The monoisotopic (exact) mass is 376 g/mol. The molecule has 3 rings (SSSR count). The summed E-state index contributed by atoms with van der Waals surface area (Å²) < 4.78 is 7.12. The average molecular weight is 376 g/mol. The quantitative estimate of drug-likeness (QED) is 0.725. The molecule has 1 amide bonds. The molecule has 1 atom stereocenters. The number of amides is 1. The second kappa shape index (κ2) is 8.55. The number of carbonyl (C=O) groups excluding carboxylic acids is 1. The highest BCUT2D eigenvalue weighted by Crippen LogP contribution is 2.20. The van der Waals surface area contributed by atoms with Crippen LogP contribution in [-0.4, -0.2) is 39.1 Å². The molecule has 7 nitrogen and oxygen atoms in total. The predicted molar refractivity (Wildman–Crippen MR) is 102 cm³/mol. The molecule has 1 aromatic carbocycles. The third-order valence-corrected chi connectivity index (χ3v) is 5.30. The van der Waals surface area contributed by atoms with Crippen molar-refractivity contribution in [1.29, 1.82) is 0 Å². The van der Waals surface area contributed by atoms with E-state index >= 15 is 0 Å². The van der Waals surface area contributed by atoms with Gasteiger partial charge < -0.3 is 10.1 Å². The van der Waals surface area contributed by atoms with Gasteiger partial charge in [0.25, 0.3) is 0 Å². The zero-order chi connectivity index (χ0) is 18.5. The maximum atomic E-state index is 12.2.